The van der Waals surface area contributed by atoms with E-state index in [0.717, 1.165) is 11.3 Å². The van der Waals surface area contributed by atoms with Crippen LogP contribution in [0.2, 0.25) is 5.02 Å². The lowest BCUT2D eigenvalue weighted by atomic mass is 10.1. The number of hydrogen-bond donors (Lipinski definition) is 1. The molecule has 1 atom stereocenters. The molecule has 0 saturated carbocycles. The van der Waals surface area contributed by atoms with Gasteiger partial charge in [-0.2, -0.15) is 0 Å². The van der Waals surface area contributed by atoms with Gasteiger partial charge in [-0.15, -0.1) is 0 Å². The van der Waals surface area contributed by atoms with E-state index >= 15 is 0 Å². The van der Waals surface area contributed by atoms with E-state index in [4.69, 9.17) is 16.3 Å². The summed E-state index contributed by atoms with van der Waals surface area (Å²) in [4.78, 5) is 12.1. The van der Waals surface area contributed by atoms with Gasteiger partial charge in [-0.25, -0.2) is 0 Å². The summed E-state index contributed by atoms with van der Waals surface area (Å²) >= 11 is 6.07. The Balaban J connectivity index is 1.82. The fourth-order valence-electron chi connectivity index (χ4n) is 2.21. The van der Waals surface area contributed by atoms with Crippen molar-refractivity contribution in [3.63, 3.8) is 0 Å². The Morgan fingerprint density at radius 2 is 1.91 bits per heavy atom. The Hall–Kier alpha value is -2.00. The second-order valence-electron chi connectivity index (χ2n) is 5.79. The number of rotatable bonds is 6. The van der Waals surface area contributed by atoms with Crippen LogP contribution in [0.25, 0.3) is 0 Å². The maximum Gasteiger partial charge on any atom is 0.224 e. The minimum atomic E-state index is -0.0772. The zero-order chi connectivity index (χ0) is 16.8. The third kappa shape index (κ3) is 5.29. The van der Waals surface area contributed by atoms with E-state index in [1.54, 1.807) is 6.07 Å². The van der Waals surface area contributed by atoms with E-state index in [-0.39, 0.29) is 18.4 Å². The van der Waals surface area contributed by atoms with Crippen LogP contribution in [0, 0.1) is 13.8 Å². The molecule has 0 aliphatic carbocycles. The van der Waals surface area contributed by atoms with Gasteiger partial charge in [0.15, 0.2) is 0 Å². The normalized spacial score (nSPS) is 11.8. The van der Waals surface area contributed by atoms with Crippen molar-refractivity contribution in [2.24, 2.45) is 0 Å². The van der Waals surface area contributed by atoms with Crippen LogP contribution in [0.1, 0.15) is 23.6 Å². The molecule has 2 aromatic carbocycles. The molecule has 0 aromatic heterocycles. The minimum absolute atomic E-state index is 0.0608. The topological polar surface area (TPSA) is 38.3 Å². The van der Waals surface area contributed by atoms with Crippen LogP contribution in [0.4, 0.5) is 0 Å². The van der Waals surface area contributed by atoms with Crippen molar-refractivity contribution in [2.45, 2.75) is 33.2 Å². The average molecular weight is 332 g/mol. The molecule has 2 rings (SSSR count). The molecule has 0 saturated heterocycles. The van der Waals surface area contributed by atoms with E-state index < -0.39 is 0 Å². The largest absolute Gasteiger partial charge is 0.491 e. The maximum atomic E-state index is 12.1. The molecule has 2 aromatic rings. The summed E-state index contributed by atoms with van der Waals surface area (Å²) in [5.41, 5.74) is 3.25. The summed E-state index contributed by atoms with van der Waals surface area (Å²) < 4.78 is 5.74. The van der Waals surface area contributed by atoms with Crippen molar-refractivity contribution < 1.29 is 9.53 Å². The highest BCUT2D eigenvalue weighted by molar-refractivity contribution is 6.31. The predicted molar refractivity (Wildman–Crippen MR) is 94.2 cm³/mol. The molecule has 122 valence electrons. The second kappa shape index (κ2) is 8.02. The third-order valence-corrected chi connectivity index (χ3v) is 4.06. The van der Waals surface area contributed by atoms with Crippen LogP contribution in [-0.4, -0.2) is 18.6 Å². The monoisotopic (exact) mass is 331 g/mol. The highest BCUT2D eigenvalue weighted by atomic mass is 35.5. The molecule has 0 heterocycles. The average Bonchev–Trinajstić information content (AvgIpc) is 2.51. The first-order chi connectivity index (χ1) is 11.0. The van der Waals surface area contributed by atoms with Crippen molar-refractivity contribution in [1.29, 1.82) is 0 Å². The summed E-state index contributed by atoms with van der Waals surface area (Å²) in [5, 5.41) is 3.54. The molecule has 0 bridgehead atoms. The van der Waals surface area contributed by atoms with Gasteiger partial charge in [0.1, 0.15) is 12.4 Å². The fraction of sp³-hybridized carbons (Fsp3) is 0.316. The van der Waals surface area contributed by atoms with Crippen molar-refractivity contribution >= 4 is 17.5 Å². The highest BCUT2D eigenvalue weighted by Gasteiger charge is 2.10. The first-order valence-electron chi connectivity index (χ1n) is 7.68. The number of carbonyl (C=O) groups is 1. The van der Waals surface area contributed by atoms with Gasteiger partial charge in [0.2, 0.25) is 5.91 Å². The van der Waals surface area contributed by atoms with E-state index in [0.29, 0.717) is 11.6 Å². The number of aryl methyl sites for hydroxylation is 2. The summed E-state index contributed by atoms with van der Waals surface area (Å²) in [5.74, 6) is 0.759. The van der Waals surface area contributed by atoms with Crippen LogP contribution in [-0.2, 0) is 11.2 Å². The van der Waals surface area contributed by atoms with Gasteiger partial charge in [0.25, 0.3) is 0 Å². The highest BCUT2D eigenvalue weighted by Crippen LogP contribution is 2.17. The Morgan fingerprint density at radius 3 is 2.61 bits per heavy atom. The van der Waals surface area contributed by atoms with Gasteiger partial charge in [-0.05, 0) is 55.7 Å². The maximum absolute atomic E-state index is 12.1. The zero-order valence-corrected chi connectivity index (χ0v) is 14.5. The second-order valence-corrected chi connectivity index (χ2v) is 6.20. The molecule has 23 heavy (non-hydrogen) atoms. The Kier molecular flexibility index (Phi) is 6.05. The van der Waals surface area contributed by atoms with Crippen molar-refractivity contribution in [3.05, 3.63) is 64.2 Å². The number of benzene rings is 2. The molecule has 0 unspecified atom stereocenters. The molecule has 0 radical (unpaired) electrons. The molecular formula is C19H22ClNO2. The van der Waals surface area contributed by atoms with E-state index in [1.807, 2.05) is 43.3 Å². The summed E-state index contributed by atoms with van der Waals surface area (Å²) in [7, 11) is 0. The lowest BCUT2D eigenvalue weighted by Crippen LogP contribution is -2.37. The van der Waals surface area contributed by atoms with Crippen LogP contribution in [0.5, 0.6) is 5.75 Å². The molecule has 4 heteroatoms. The first kappa shape index (κ1) is 17.4. The smallest absolute Gasteiger partial charge is 0.224 e. The first-order valence-corrected chi connectivity index (χ1v) is 8.06. The van der Waals surface area contributed by atoms with E-state index in [1.165, 1.54) is 11.1 Å². The van der Waals surface area contributed by atoms with Gasteiger partial charge in [0, 0.05) is 5.02 Å². The molecule has 0 aliphatic rings. The van der Waals surface area contributed by atoms with Gasteiger partial charge < -0.3 is 10.1 Å². The number of nitrogens with one attached hydrogen (secondary N) is 1. The Bertz CT molecular complexity index is 685. The Labute approximate surface area is 142 Å². The molecule has 3 nitrogen and oxygen atoms in total. The lowest BCUT2D eigenvalue weighted by Gasteiger charge is -2.16. The number of halogens is 1. The van der Waals surface area contributed by atoms with Crippen LogP contribution < -0.4 is 10.1 Å². The molecule has 0 aliphatic heterocycles. The van der Waals surface area contributed by atoms with E-state index in [9.17, 15) is 4.79 Å². The van der Waals surface area contributed by atoms with E-state index in [2.05, 4.69) is 19.2 Å². The van der Waals surface area contributed by atoms with Crippen LogP contribution >= 0.6 is 11.6 Å². The van der Waals surface area contributed by atoms with Gasteiger partial charge >= 0.3 is 0 Å². The van der Waals surface area contributed by atoms with Crippen molar-refractivity contribution in [3.8, 4) is 5.75 Å². The third-order valence-electron chi connectivity index (χ3n) is 3.69. The molecule has 0 spiro atoms. The summed E-state index contributed by atoms with van der Waals surface area (Å²) in [6, 6.07) is 13.3. The van der Waals surface area contributed by atoms with Gasteiger partial charge in [-0.3, -0.25) is 4.79 Å². The van der Waals surface area contributed by atoms with Crippen LogP contribution in [0.15, 0.2) is 42.5 Å². The Morgan fingerprint density at radius 1 is 1.17 bits per heavy atom. The molecule has 1 amide bonds. The van der Waals surface area contributed by atoms with Crippen LogP contribution in [0.3, 0.4) is 0 Å². The zero-order valence-electron chi connectivity index (χ0n) is 13.7. The molecule has 0 fully saturated rings. The number of ether oxygens (including phenoxy) is 1. The molecular weight excluding hydrogens is 310 g/mol. The van der Waals surface area contributed by atoms with Gasteiger partial charge in [-0.1, -0.05) is 35.9 Å². The van der Waals surface area contributed by atoms with Gasteiger partial charge in [0.05, 0.1) is 12.5 Å². The quantitative estimate of drug-likeness (QED) is 0.866. The summed E-state index contributed by atoms with van der Waals surface area (Å²) in [6.07, 6.45) is 0.271. The van der Waals surface area contributed by atoms with Crippen molar-refractivity contribution in [2.75, 3.05) is 6.61 Å². The summed E-state index contributed by atoms with van der Waals surface area (Å²) in [6.45, 7) is 6.47. The molecule has 1 N–H and O–H groups in total. The SMILES string of the molecule is Cc1ccc(OC[C@@H](C)NC(=O)Cc2ccccc2Cl)cc1C. The number of hydrogen-bond acceptors (Lipinski definition) is 2. The lowest BCUT2D eigenvalue weighted by molar-refractivity contribution is -0.121. The predicted octanol–water partition coefficient (Wildman–Crippen LogP) is 4.08. The standard InChI is InChI=1S/C19H22ClNO2/c1-13-8-9-17(10-14(13)2)23-12-15(3)21-19(22)11-16-6-4-5-7-18(16)20/h4-10,15H,11-12H2,1-3H3,(H,21,22)/t15-/m1/s1. The minimum Gasteiger partial charge on any atom is -0.491 e. The number of carbonyl (C=O) groups excluding carboxylic acids is 1. The fourth-order valence-corrected chi connectivity index (χ4v) is 2.41. The number of amides is 1. The van der Waals surface area contributed by atoms with Crippen molar-refractivity contribution in [1.82, 2.24) is 5.32 Å².